The van der Waals surface area contributed by atoms with Crippen LogP contribution < -0.4 is 56.7 Å². The minimum absolute atomic E-state index is 0. The van der Waals surface area contributed by atoms with Crippen molar-refractivity contribution in [1.82, 2.24) is 0 Å². The first-order valence-electron chi connectivity index (χ1n) is 2.27. The highest BCUT2D eigenvalue weighted by atomic mass is 79.9. The van der Waals surface area contributed by atoms with Gasteiger partial charge in [0.15, 0.2) is 0 Å². The summed E-state index contributed by atoms with van der Waals surface area (Å²) in [6.45, 7) is 1.08. The van der Waals surface area contributed by atoms with E-state index in [4.69, 9.17) is 0 Å². The Balaban J connectivity index is -0.0000000417. The maximum absolute atomic E-state index is 3.70. The zero-order valence-corrected chi connectivity index (χ0v) is 11.4. The van der Waals surface area contributed by atoms with Crippen molar-refractivity contribution < 1.29 is 56.7 Å². The molecule has 0 amide bonds. The van der Waals surface area contributed by atoms with E-state index in [1.165, 1.54) is 12.8 Å². The molecule has 0 radical (unpaired) electrons. The molecule has 5 heteroatoms. The number of halogens is 4. The monoisotopic (exact) mass is 389 g/mol. The first kappa shape index (κ1) is 22.4. The van der Waals surface area contributed by atoms with Gasteiger partial charge in [-0.2, -0.15) is 0 Å². The van der Waals surface area contributed by atoms with Gasteiger partial charge in [-0.25, -0.2) is 0 Å². The molecule has 0 saturated carbocycles. The van der Waals surface area contributed by atoms with Gasteiger partial charge in [0.25, 0.3) is 0 Å². The molecule has 0 aliphatic carbocycles. The van der Waals surface area contributed by atoms with E-state index in [1.807, 2.05) is 0 Å². The molecule has 0 aliphatic heterocycles. The minimum Gasteiger partial charge on any atom is -1.00 e. The Morgan fingerprint density at radius 3 is 1.56 bits per heavy atom. The summed E-state index contributed by atoms with van der Waals surface area (Å²) in [7, 11) is 0. The molecule has 0 aromatic carbocycles. The van der Waals surface area contributed by atoms with E-state index in [2.05, 4.69) is 21.7 Å². The predicted molar refractivity (Wildman–Crippen MR) is 30.8 cm³/mol. The van der Waals surface area contributed by atoms with Gasteiger partial charge in [0.05, 0.1) is 6.54 Å². The van der Waals surface area contributed by atoms with E-state index in [-0.39, 0.29) is 50.9 Å². The molecular weight excluding hydrogens is 382 g/mol. The van der Waals surface area contributed by atoms with Gasteiger partial charge in [-0.1, -0.05) is 15.9 Å². The van der Waals surface area contributed by atoms with Gasteiger partial charge < -0.3 is 56.7 Å². The van der Waals surface area contributed by atoms with Crippen molar-refractivity contribution in [1.29, 1.82) is 0 Å². The highest BCUT2D eigenvalue weighted by molar-refractivity contribution is 9.09. The molecule has 0 aromatic heterocycles. The zero-order chi connectivity index (χ0) is 4.83. The van der Waals surface area contributed by atoms with Crippen LogP contribution in [0.5, 0.6) is 0 Å². The standard InChI is InChI=1S/C4H10BrN.3BrH/c5-3-1-2-4-6;;;/h1-4,6H2;3*1H/p-2. The van der Waals surface area contributed by atoms with Crippen molar-refractivity contribution in [3.05, 3.63) is 0 Å². The van der Waals surface area contributed by atoms with Crippen molar-refractivity contribution in [3.8, 4) is 0 Å². The highest BCUT2D eigenvalue weighted by Gasteiger charge is 1.79. The van der Waals surface area contributed by atoms with E-state index in [0.717, 1.165) is 11.9 Å². The molecule has 0 aromatic rings. The van der Waals surface area contributed by atoms with Crippen molar-refractivity contribution in [2.75, 3.05) is 11.9 Å². The van der Waals surface area contributed by atoms with E-state index in [1.54, 1.807) is 0 Å². The maximum atomic E-state index is 3.70. The number of alkyl halides is 1. The molecule has 0 heterocycles. The SMILES string of the molecule is [Br-].[Br-].[Br-].[NH3+]CCCCBr. The summed E-state index contributed by atoms with van der Waals surface area (Å²) in [6, 6.07) is 0. The molecule has 0 spiro atoms. The summed E-state index contributed by atoms with van der Waals surface area (Å²) in [5.41, 5.74) is 3.70. The van der Waals surface area contributed by atoms with Gasteiger partial charge in [-0.05, 0) is 12.8 Å². The summed E-state index contributed by atoms with van der Waals surface area (Å²) in [4.78, 5) is 0. The van der Waals surface area contributed by atoms with E-state index in [0.29, 0.717) is 0 Å². The normalized spacial score (nSPS) is 6.00. The lowest BCUT2D eigenvalue weighted by atomic mass is 10.3. The number of rotatable bonds is 3. The molecule has 9 heavy (non-hydrogen) atoms. The Morgan fingerprint density at radius 1 is 1.00 bits per heavy atom. The van der Waals surface area contributed by atoms with Gasteiger partial charge in [0.2, 0.25) is 0 Å². The molecule has 0 fully saturated rings. The van der Waals surface area contributed by atoms with Gasteiger partial charge >= 0.3 is 0 Å². The fourth-order valence-corrected chi connectivity index (χ4v) is 0.668. The lowest BCUT2D eigenvalue weighted by Gasteiger charge is -1.83. The second-order valence-electron chi connectivity index (χ2n) is 1.25. The Morgan fingerprint density at radius 2 is 1.44 bits per heavy atom. The topological polar surface area (TPSA) is 27.6 Å². The van der Waals surface area contributed by atoms with Crippen LogP contribution in [-0.4, -0.2) is 11.9 Å². The van der Waals surface area contributed by atoms with Crippen LogP contribution >= 0.6 is 15.9 Å². The van der Waals surface area contributed by atoms with E-state index < -0.39 is 0 Å². The quantitative estimate of drug-likeness (QED) is 0.365. The smallest absolute Gasteiger partial charge is 0.0740 e. The number of hydrogen-bond acceptors (Lipinski definition) is 0. The fourth-order valence-electron chi connectivity index (χ4n) is 0.271. The van der Waals surface area contributed by atoms with Crippen molar-refractivity contribution in [3.63, 3.8) is 0 Å². The highest BCUT2D eigenvalue weighted by Crippen LogP contribution is 1.88. The van der Waals surface area contributed by atoms with Crippen LogP contribution in [0.25, 0.3) is 0 Å². The third kappa shape index (κ3) is 25.8. The Kier molecular flexibility index (Phi) is 56.2. The van der Waals surface area contributed by atoms with Crippen LogP contribution in [0.15, 0.2) is 0 Å². The van der Waals surface area contributed by atoms with Crippen LogP contribution in [0.2, 0.25) is 0 Å². The lowest BCUT2D eigenvalue weighted by molar-refractivity contribution is -0.368. The summed E-state index contributed by atoms with van der Waals surface area (Å²) in [5.74, 6) is 0. The molecule has 0 aliphatic rings. The third-order valence-corrected chi connectivity index (χ3v) is 1.19. The molecular formula is C4H11Br4N-2. The van der Waals surface area contributed by atoms with Gasteiger partial charge in [-0.15, -0.1) is 0 Å². The number of quaternary nitrogens is 1. The van der Waals surface area contributed by atoms with Gasteiger partial charge in [0, 0.05) is 5.33 Å². The van der Waals surface area contributed by atoms with Crippen molar-refractivity contribution in [2.45, 2.75) is 12.8 Å². The minimum atomic E-state index is 0. The van der Waals surface area contributed by atoms with Crippen LogP contribution in [0.4, 0.5) is 0 Å². The van der Waals surface area contributed by atoms with Gasteiger partial charge in [0.1, 0.15) is 0 Å². The maximum Gasteiger partial charge on any atom is 0.0740 e. The first-order chi connectivity index (χ1) is 2.91. The Hall–Kier alpha value is 1.88. The van der Waals surface area contributed by atoms with Crippen molar-refractivity contribution >= 4 is 15.9 Å². The summed E-state index contributed by atoms with van der Waals surface area (Å²) in [6.07, 6.45) is 2.52. The summed E-state index contributed by atoms with van der Waals surface area (Å²) < 4.78 is 0. The average molecular weight is 393 g/mol. The molecule has 0 rings (SSSR count). The lowest BCUT2D eigenvalue weighted by Crippen LogP contribution is -3.00. The molecule has 1 nitrogen and oxygen atoms in total. The molecule has 0 unspecified atom stereocenters. The largest absolute Gasteiger partial charge is 1.00 e. The van der Waals surface area contributed by atoms with Crippen LogP contribution in [0.3, 0.4) is 0 Å². The fraction of sp³-hybridized carbons (Fsp3) is 1.00. The molecule has 3 N–H and O–H groups in total. The molecule has 0 atom stereocenters. The molecule has 0 saturated heterocycles. The van der Waals surface area contributed by atoms with Gasteiger partial charge in [-0.3, -0.25) is 0 Å². The van der Waals surface area contributed by atoms with Crippen LogP contribution in [0, 0.1) is 0 Å². The summed E-state index contributed by atoms with van der Waals surface area (Å²) in [5, 5.41) is 1.13. The molecule has 62 valence electrons. The van der Waals surface area contributed by atoms with Crippen molar-refractivity contribution in [2.24, 2.45) is 0 Å². The van der Waals surface area contributed by atoms with Crippen LogP contribution in [-0.2, 0) is 0 Å². The summed E-state index contributed by atoms with van der Waals surface area (Å²) >= 11 is 3.32. The Labute approximate surface area is 96.6 Å². The number of unbranched alkanes of at least 4 members (excludes halogenated alkanes) is 1. The van der Waals surface area contributed by atoms with E-state index in [9.17, 15) is 0 Å². The second-order valence-corrected chi connectivity index (χ2v) is 2.04. The van der Waals surface area contributed by atoms with Crippen LogP contribution in [0.1, 0.15) is 12.8 Å². The third-order valence-electron chi connectivity index (χ3n) is 0.634. The Bertz CT molecular complexity index is 24.5. The second kappa shape index (κ2) is 22.5. The average Bonchev–Trinajstić information content (AvgIpc) is 1.61. The molecule has 0 bridgehead atoms. The number of hydrogen-bond donors (Lipinski definition) is 1. The zero-order valence-electron chi connectivity index (χ0n) is 5.05. The predicted octanol–water partition coefficient (Wildman–Crippen LogP) is -8.58. The first-order valence-corrected chi connectivity index (χ1v) is 3.39. The van der Waals surface area contributed by atoms with E-state index >= 15 is 0 Å².